The van der Waals surface area contributed by atoms with Crippen LogP contribution in [0.3, 0.4) is 0 Å². The van der Waals surface area contributed by atoms with Crippen LogP contribution >= 0.6 is 0 Å². The summed E-state index contributed by atoms with van der Waals surface area (Å²) < 4.78 is 10.7. The maximum atomic E-state index is 13.0. The molecule has 0 aromatic rings. The number of hydrogen-bond donors (Lipinski definition) is 0. The van der Waals surface area contributed by atoms with Crippen molar-refractivity contribution in [1.29, 1.82) is 0 Å². The van der Waals surface area contributed by atoms with Gasteiger partial charge in [0.15, 0.2) is 5.41 Å². The molecule has 2 rings (SSSR count). The van der Waals surface area contributed by atoms with Crippen molar-refractivity contribution in [3.63, 3.8) is 0 Å². The van der Waals surface area contributed by atoms with Crippen molar-refractivity contribution in [2.75, 3.05) is 13.2 Å². The fourth-order valence-electron chi connectivity index (χ4n) is 5.28. The first-order valence-electron chi connectivity index (χ1n) is 10.8. The van der Waals surface area contributed by atoms with Crippen LogP contribution in [0, 0.1) is 11.3 Å². The molecule has 1 heterocycles. The van der Waals surface area contributed by atoms with Crippen molar-refractivity contribution in [3.05, 3.63) is 0 Å². The second-order valence-electron chi connectivity index (χ2n) is 9.49. The molecule has 0 aromatic heterocycles. The quantitative estimate of drug-likeness (QED) is 0.472. The lowest BCUT2D eigenvalue weighted by molar-refractivity contribution is -0.312. The van der Waals surface area contributed by atoms with Gasteiger partial charge in [-0.2, -0.15) is 5.06 Å². The fourth-order valence-corrected chi connectivity index (χ4v) is 5.28. The van der Waals surface area contributed by atoms with Gasteiger partial charge in [-0.3, -0.25) is 14.4 Å². The molecule has 6 nitrogen and oxygen atoms in total. The van der Waals surface area contributed by atoms with Gasteiger partial charge in [0.05, 0.1) is 19.3 Å². The molecule has 0 radical (unpaired) electrons. The fraction of sp³-hybridized carbons (Fsp3) is 0.909. The Morgan fingerprint density at radius 3 is 1.89 bits per heavy atom. The summed E-state index contributed by atoms with van der Waals surface area (Å²) in [7, 11) is 0. The Hall–Kier alpha value is -1.14. The average Bonchev–Trinajstić information content (AvgIpc) is 3.04. The molecule has 0 aromatic carbocycles. The highest BCUT2D eigenvalue weighted by Crippen LogP contribution is 2.49. The Morgan fingerprint density at radius 2 is 1.43 bits per heavy atom. The summed E-state index contributed by atoms with van der Waals surface area (Å²) in [6.07, 6.45) is 4.94. The standard InChI is InChI=1S/C22H39NO5/c1-8-26-18(24)22(19(25)27-9-2)15-10-12-17(22)16(3)28-23-20(4,5)13-11-14-21(23,6)7/h16-17H,8-15H2,1-7H3/t16-,17-/m1/s1. The van der Waals surface area contributed by atoms with Crippen molar-refractivity contribution in [2.45, 2.75) is 104 Å². The Kier molecular flexibility index (Phi) is 7.19. The second-order valence-corrected chi connectivity index (χ2v) is 9.49. The molecule has 2 atom stereocenters. The van der Waals surface area contributed by atoms with Gasteiger partial charge in [0.25, 0.3) is 0 Å². The van der Waals surface area contributed by atoms with Gasteiger partial charge in [-0.1, -0.05) is 6.42 Å². The summed E-state index contributed by atoms with van der Waals surface area (Å²) in [5, 5.41) is 2.10. The van der Waals surface area contributed by atoms with Crippen LogP contribution in [0.25, 0.3) is 0 Å². The third kappa shape index (κ3) is 4.23. The Bertz CT molecular complexity index is 537. The first-order chi connectivity index (χ1) is 13.0. The number of hydrogen-bond acceptors (Lipinski definition) is 6. The Labute approximate surface area is 170 Å². The molecule has 0 N–H and O–H groups in total. The van der Waals surface area contributed by atoms with Crippen molar-refractivity contribution in [3.8, 4) is 0 Å². The molecule has 1 aliphatic carbocycles. The number of esters is 2. The predicted octanol–water partition coefficient (Wildman–Crippen LogP) is 4.26. The minimum Gasteiger partial charge on any atom is -0.465 e. The molecule has 1 saturated carbocycles. The smallest absolute Gasteiger partial charge is 0.323 e. The van der Waals surface area contributed by atoms with Crippen LogP contribution < -0.4 is 0 Å². The SMILES string of the molecule is CCOC(=O)C1(C(=O)OCC)CCC[C@@H]1[C@@H](C)ON1C(C)(C)CCCC1(C)C. The molecule has 1 saturated heterocycles. The molecule has 0 amide bonds. The van der Waals surface area contributed by atoms with Crippen molar-refractivity contribution in [1.82, 2.24) is 5.06 Å². The minimum absolute atomic E-state index is 0.106. The van der Waals surface area contributed by atoms with E-state index in [-0.39, 0.29) is 36.3 Å². The zero-order valence-electron chi connectivity index (χ0n) is 18.8. The molecule has 162 valence electrons. The molecule has 2 aliphatic rings. The van der Waals surface area contributed by atoms with Gasteiger partial charge in [0.1, 0.15) is 0 Å². The monoisotopic (exact) mass is 397 g/mol. The van der Waals surface area contributed by atoms with E-state index in [1.165, 1.54) is 0 Å². The molecule has 6 heteroatoms. The largest absolute Gasteiger partial charge is 0.465 e. The van der Waals surface area contributed by atoms with Crippen LogP contribution in [-0.4, -0.2) is 47.4 Å². The van der Waals surface area contributed by atoms with E-state index in [1.807, 2.05) is 6.92 Å². The number of hydroxylamine groups is 2. The van der Waals surface area contributed by atoms with Crippen molar-refractivity contribution in [2.24, 2.45) is 11.3 Å². The van der Waals surface area contributed by atoms with E-state index in [9.17, 15) is 9.59 Å². The van der Waals surface area contributed by atoms with E-state index in [2.05, 4.69) is 32.8 Å². The first kappa shape index (κ1) is 23.1. The number of nitrogens with zero attached hydrogens (tertiary/aromatic N) is 1. The van der Waals surface area contributed by atoms with Gasteiger partial charge >= 0.3 is 11.9 Å². The number of rotatable bonds is 7. The van der Waals surface area contributed by atoms with Gasteiger partial charge in [-0.25, -0.2) is 0 Å². The van der Waals surface area contributed by atoms with Crippen LogP contribution in [0.1, 0.15) is 87.0 Å². The lowest BCUT2D eigenvalue weighted by Gasteiger charge is -2.53. The summed E-state index contributed by atoms with van der Waals surface area (Å²) in [5.74, 6) is -1.20. The summed E-state index contributed by atoms with van der Waals surface area (Å²) in [6, 6.07) is 0. The maximum absolute atomic E-state index is 13.0. The first-order valence-corrected chi connectivity index (χ1v) is 10.8. The lowest BCUT2D eigenvalue weighted by Crippen LogP contribution is -2.60. The summed E-state index contributed by atoms with van der Waals surface area (Å²) in [5.41, 5.74) is -1.48. The number of piperidine rings is 1. The molecule has 0 unspecified atom stereocenters. The highest BCUT2D eigenvalue weighted by molar-refractivity contribution is 6.01. The molecular formula is C22H39NO5. The maximum Gasteiger partial charge on any atom is 0.323 e. The van der Waals surface area contributed by atoms with E-state index in [4.69, 9.17) is 14.3 Å². The number of carbonyl (C=O) groups is 2. The second kappa shape index (κ2) is 8.70. The summed E-state index contributed by atoms with van der Waals surface area (Å²) in [4.78, 5) is 32.4. The van der Waals surface area contributed by atoms with E-state index in [0.717, 1.165) is 32.1 Å². The summed E-state index contributed by atoms with van der Waals surface area (Å²) in [6.45, 7) is 14.8. The van der Waals surface area contributed by atoms with E-state index >= 15 is 0 Å². The molecule has 28 heavy (non-hydrogen) atoms. The van der Waals surface area contributed by atoms with E-state index < -0.39 is 17.4 Å². The zero-order valence-corrected chi connectivity index (χ0v) is 18.8. The van der Waals surface area contributed by atoms with Gasteiger partial charge in [-0.05, 0) is 80.6 Å². The van der Waals surface area contributed by atoms with Crippen molar-refractivity contribution >= 4 is 11.9 Å². The molecule has 1 aliphatic heterocycles. The van der Waals surface area contributed by atoms with Crippen molar-refractivity contribution < 1.29 is 23.9 Å². The van der Waals surface area contributed by atoms with Gasteiger partial charge in [0.2, 0.25) is 0 Å². The van der Waals surface area contributed by atoms with Crippen LogP contribution in [0.4, 0.5) is 0 Å². The average molecular weight is 398 g/mol. The van der Waals surface area contributed by atoms with Gasteiger partial charge in [-0.15, -0.1) is 0 Å². The van der Waals surface area contributed by atoms with Gasteiger partial charge < -0.3 is 9.47 Å². The third-order valence-electron chi connectivity index (χ3n) is 6.51. The Balaban J connectivity index is 2.31. The van der Waals surface area contributed by atoms with E-state index in [1.54, 1.807) is 13.8 Å². The normalized spacial score (nSPS) is 27.2. The number of carbonyl (C=O) groups excluding carboxylic acids is 2. The lowest BCUT2D eigenvalue weighted by atomic mass is 9.75. The molecule has 2 fully saturated rings. The third-order valence-corrected chi connectivity index (χ3v) is 6.51. The Morgan fingerprint density at radius 1 is 0.929 bits per heavy atom. The zero-order chi connectivity index (χ0) is 21.2. The van der Waals surface area contributed by atoms with E-state index in [0.29, 0.717) is 6.42 Å². The molecule has 0 bridgehead atoms. The van der Waals surface area contributed by atoms with Crippen LogP contribution in [0.15, 0.2) is 0 Å². The minimum atomic E-state index is -1.27. The highest BCUT2D eigenvalue weighted by Gasteiger charge is 2.60. The van der Waals surface area contributed by atoms with Crippen LogP contribution in [0.5, 0.6) is 0 Å². The molecule has 0 spiro atoms. The molecular weight excluding hydrogens is 358 g/mol. The number of ether oxygens (including phenoxy) is 2. The summed E-state index contributed by atoms with van der Waals surface area (Å²) >= 11 is 0. The predicted molar refractivity (Wildman–Crippen MR) is 107 cm³/mol. The highest BCUT2D eigenvalue weighted by atomic mass is 16.7. The van der Waals surface area contributed by atoms with Crippen LogP contribution in [-0.2, 0) is 23.9 Å². The van der Waals surface area contributed by atoms with Gasteiger partial charge in [0, 0.05) is 17.0 Å². The van der Waals surface area contributed by atoms with Crippen LogP contribution in [0.2, 0.25) is 0 Å². The topological polar surface area (TPSA) is 65.1 Å².